The molecule has 5 heteroatoms. The molecule has 2 aromatic rings. The lowest BCUT2D eigenvalue weighted by Gasteiger charge is -2.30. The average Bonchev–Trinajstić information content (AvgIpc) is 2.73. The van der Waals surface area contributed by atoms with E-state index in [-0.39, 0.29) is 24.1 Å². The fraction of sp³-hybridized carbons (Fsp3) is 0.417. The normalized spacial score (nSPS) is 11.7. The minimum atomic E-state index is -0.511. The maximum Gasteiger partial charge on any atom is 0.242 e. The van der Waals surface area contributed by atoms with Crippen LogP contribution in [0, 0.1) is 5.82 Å². The van der Waals surface area contributed by atoms with Crippen molar-refractivity contribution in [2.24, 2.45) is 0 Å². The zero-order chi connectivity index (χ0) is 21.1. The highest BCUT2D eigenvalue weighted by atomic mass is 19.1. The summed E-state index contributed by atoms with van der Waals surface area (Å²) in [5.41, 5.74) is 1.86. The highest BCUT2D eigenvalue weighted by Gasteiger charge is 2.28. The number of carbonyl (C=O) groups is 2. The van der Waals surface area contributed by atoms with Crippen LogP contribution < -0.4 is 5.32 Å². The Morgan fingerprint density at radius 3 is 2.31 bits per heavy atom. The number of unbranched alkanes of at least 4 members (excludes halogenated alkanes) is 1. The summed E-state index contributed by atoms with van der Waals surface area (Å²) in [6, 6.07) is 15.4. The number of rotatable bonds is 11. The predicted octanol–water partition coefficient (Wildman–Crippen LogP) is 4.13. The average molecular weight is 399 g/mol. The minimum absolute atomic E-state index is 0.110. The molecule has 2 aromatic carbocycles. The quantitative estimate of drug-likeness (QED) is 0.579. The maximum atomic E-state index is 13.2. The van der Waals surface area contributed by atoms with Crippen LogP contribution in [0.1, 0.15) is 44.2 Å². The maximum absolute atomic E-state index is 13.2. The van der Waals surface area contributed by atoms with Gasteiger partial charge >= 0.3 is 0 Å². The molecule has 2 amide bonds. The van der Waals surface area contributed by atoms with Crippen LogP contribution in [0.3, 0.4) is 0 Å². The molecule has 2 rings (SSSR count). The van der Waals surface area contributed by atoms with Crippen LogP contribution in [-0.4, -0.2) is 35.8 Å². The van der Waals surface area contributed by atoms with E-state index < -0.39 is 6.04 Å². The second-order valence-corrected chi connectivity index (χ2v) is 7.19. The lowest BCUT2D eigenvalue weighted by atomic mass is 10.1. The Morgan fingerprint density at radius 1 is 1.00 bits per heavy atom. The summed E-state index contributed by atoms with van der Waals surface area (Å²) in [6.07, 6.45) is 3.28. The number of halogens is 1. The first-order chi connectivity index (χ1) is 14.0. The molecule has 0 aliphatic rings. The summed E-state index contributed by atoms with van der Waals surface area (Å²) in [4.78, 5) is 27.5. The summed E-state index contributed by atoms with van der Waals surface area (Å²) < 4.78 is 13.2. The van der Waals surface area contributed by atoms with E-state index in [1.165, 1.54) is 12.1 Å². The van der Waals surface area contributed by atoms with Crippen LogP contribution >= 0.6 is 0 Å². The Hall–Kier alpha value is -2.69. The highest BCUT2D eigenvalue weighted by Crippen LogP contribution is 2.13. The largest absolute Gasteiger partial charge is 0.354 e. The van der Waals surface area contributed by atoms with Crippen molar-refractivity contribution in [3.05, 3.63) is 71.5 Å². The third-order valence-electron chi connectivity index (χ3n) is 4.97. The van der Waals surface area contributed by atoms with Gasteiger partial charge in [0.1, 0.15) is 11.9 Å². The molecule has 0 radical (unpaired) electrons. The lowest BCUT2D eigenvalue weighted by molar-refractivity contribution is -0.140. The van der Waals surface area contributed by atoms with Gasteiger partial charge in [0, 0.05) is 13.1 Å². The number of amides is 2. The summed E-state index contributed by atoms with van der Waals surface area (Å²) in [5.74, 6) is -0.560. The van der Waals surface area contributed by atoms with Gasteiger partial charge in [0.05, 0.1) is 6.42 Å². The molecule has 1 N–H and O–H groups in total. The van der Waals surface area contributed by atoms with Crippen molar-refractivity contribution in [3.8, 4) is 0 Å². The van der Waals surface area contributed by atoms with E-state index in [0.29, 0.717) is 25.9 Å². The summed E-state index contributed by atoms with van der Waals surface area (Å²) in [7, 11) is 0. The van der Waals surface area contributed by atoms with Gasteiger partial charge in [-0.25, -0.2) is 4.39 Å². The molecule has 0 aliphatic heterocycles. The number of carbonyl (C=O) groups excluding carboxylic acids is 2. The van der Waals surface area contributed by atoms with Crippen molar-refractivity contribution in [3.63, 3.8) is 0 Å². The highest BCUT2D eigenvalue weighted by molar-refractivity contribution is 5.88. The third-order valence-corrected chi connectivity index (χ3v) is 4.97. The van der Waals surface area contributed by atoms with Crippen molar-refractivity contribution in [2.75, 3.05) is 13.1 Å². The van der Waals surface area contributed by atoms with Gasteiger partial charge in [0.2, 0.25) is 11.8 Å². The van der Waals surface area contributed by atoms with E-state index in [2.05, 4.69) is 12.2 Å². The van der Waals surface area contributed by atoms with E-state index in [1.54, 1.807) is 17.0 Å². The van der Waals surface area contributed by atoms with Crippen molar-refractivity contribution in [2.45, 2.75) is 52.0 Å². The van der Waals surface area contributed by atoms with Gasteiger partial charge in [-0.1, -0.05) is 62.7 Å². The molecular weight excluding hydrogens is 367 g/mol. The van der Waals surface area contributed by atoms with E-state index in [4.69, 9.17) is 0 Å². The number of nitrogens with one attached hydrogen (secondary N) is 1. The van der Waals surface area contributed by atoms with Gasteiger partial charge in [-0.05, 0) is 42.5 Å². The van der Waals surface area contributed by atoms with Crippen molar-refractivity contribution in [1.29, 1.82) is 0 Å². The Morgan fingerprint density at radius 2 is 1.69 bits per heavy atom. The number of hydrogen-bond donors (Lipinski definition) is 1. The molecule has 0 aliphatic carbocycles. The van der Waals surface area contributed by atoms with E-state index >= 15 is 0 Å². The van der Waals surface area contributed by atoms with Crippen LogP contribution in [0.5, 0.6) is 0 Å². The zero-order valence-electron chi connectivity index (χ0n) is 17.4. The molecule has 0 spiro atoms. The molecule has 0 fully saturated rings. The third kappa shape index (κ3) is 7.33. The molecule has 0 saturated carbocycles. The van der Waals surface area contributed by atoms with Crippen molar-refractivity contribution >= 4 is 11.8 Å². The molecule has 156 valence electrons. The van der Waals surface area contributed by atoms with E-state index in [1.807, 2.05) is 37.3 Å². The zero-order valence-corrected chi connectivity index (χ0v) is 17.4. The molecule has 0 bridgehead atoms. The smallest absolute Gasteiger partial charge is 0.242 e. The molecular formula is C24H31FN2O2. The van der Waals surface area contributed by atoms with E-state index in [9.17, 15) is 14.0 Å². The van der Waals surface area contributed by atoms with Crippen LogP contribution in [-0.2, 0) is 22.4 Å². The summed E-state index contributed by atoms with van der Waals surface area (Å²) in [6.45, 7) is 5.07. The second kappa shape index (κ2) is 12.0. The molecule has 0 heterocycles. The SMILES string of the molecule is CCCCNC(=O)C(CC)N(CCc1ccccc1)C(=O)Cc1ccc(F)cc1. The predicted molar refractivity (Wildman–Crippen MR) is 114 cm³/mol. The Balaban J connectivity index is 2.14. The molecule has 29 heavy (non-hydrogen) atoms. The first-order valence-electron chi connectivity index (χ1n) is 10.4. The molecule has 1 unspecified atom stereocenters. The Kier molecular flexibility index (Phi) is 9.35. The fourth-order valence-electron chi connectivity index (χ4n) is 3.28. The van der Waals surface area contributed by atoms with Crippen molar-refractivity contribution < 1.29 is 14.0 Å². The van der Waals surface area contributed by atoms with Gasteiger partial charge in [0.15, 0.2) is 0 Å². The topological polar surface area (TPSA) is 49.4 Å². The molecule has 0 saturated heterocycles. The van der Waals surface area contributed by atoms with Crippen molar-refractivity contribution in [1.82, 2.24) is 10.2 Å². The summed E-state index contributed by atoms with van der Waals surface area (Å²) >= 11 is 0. The monoisotopic (exact) mass is 398 g/mol. The molecule has 4 nitrogen and oxygen atoms in total. The van der Waals surface area contributed by atoms with Crippen LogP contribution in [0.25, 0.3) is 0 Å². The molecule has 1 atom stereocenters. The second-order valence-electron chi connectivity index (χ2n) is 7.19. The van der Waals surface area contributed by atoms with Crippen LogP contribution in [0.4, 0.5) is 4.39 Å². The van der Waals surface area contributed by atoms with Gasteiger partial charge in [0.25, 0.3) is 0 Å². The first-order valence-corrected chi connectivity index (χ1v) is 10.4. The van der Waals surface area contributed by atoms with Crippen LogP contribution in [0.15, 0.2) is 54.6 Å². The van der Waals surface area contributed by atoms with Gasteiger partial charge < -0.3 is 10.2 Å². The number of benzene rings is 2. The molecule has 0 aromatic heterocycles. The van der Waals surface area contributed by atoms with E-state index in [0.717, 1.165) is 24.0 Å². The number of hydrogen-bond acceptors (Lipinski definition) is 2. The van der Waals surface area contributed by atoms with Gasteiger partial charge in [-0.3, -0.25) is 9.59 Å². The first kappa shape index (κ1) is 22.6. The number of nitrogens with zero attached hydrogens (tertiary/aromatic N) is 1. The Labute approximate surface area is 173 Å². The standard InChI is InChI=1S/C24H31FN2O2/c1-3-5-16-26-24(29)22(4-2)27(17-15-19-9-7-6-8-10-19)23(28)18-20-11-13-21(25)14-12-20/h6-14,22H,3-5,15-18H2,1-2H3,(H,26,29). The fourth-order valence-corrected chi connectivity index (χ4v) is 3.28. The van der Waals surface area contributed by atoms with Crippen LogP contribution in [0.2, 0.25) is 0 Å². The lowest BCUT2D eigenvalue weighted by Crippen LogP contribution is -2.50. The summed E-state index contributed by atoms with van der Waals surface area (Å²) in [5, 5.41) is 2.96. The van der Waals surface area contributed by atoms with Gasteiger partial charge in [-0.2, -0.15) is 0 Å². The van der Waals surface area contributed by atoms with Gasteiger partial charge in [-0.15, -0.1) is 0 Å². The Bertz CT molecular complexity index is 762. The minimum Gasteiger partial charge on any atom is -0.354 e.